The first-order valence-electron chi connectivity index (χ1n) is 44.3. The number of hydrogen-bond donors (Lipinski definition) is 10. The number of carbonyl (C=O) groups excluding carboxylic acids is 5. The number of alkyl carbamates (subject to hydrolysis) is 3. The topological polar surface area (TPSA) is 332 Å². The lowest BCUT2D eigenvalue weighted by atomic mass is 9.82. The first-order chi connectivity index (χ1) is 57.6. The summed E-state index contributed by atoms with van der Waals surface area (Å²) >= 11 is 0. The number of carboxylic acid groups (broad SMARTS) is 1. The summed E-state index contributed by atoms with van der Waals surface area (Å²) in [7, 11) is 3.85. The number of carbonyl (C=O) groups is 6. The SMILES string of the molecule is CCC(C)[C@H](NC(=O)OC)C(=O)N1C2CC2C[C@H]1c1ncc(-c2ccc(-c3ccc(-c4cnc([C@@H]5CC6CC6N5C(=O)[C@@H](NC(=O)OC)C(C)CC)[nH]4)c4c3CC3(CCCC3)C4)cc2)[nH]1.CCC(C)[C@H](NC(=O)OC)C(=O)O.c1cc(-c2ccc(-c3cnc([C@@H]4CC5CC5N4)[nH]3)c3c2CC2(CCCC2)C3)ccc1-c1cnc([C@@H]2CC3CC3N2)[nH]1. The van der Waals surface area contributed by atoms with E-state index in [0.717, 1.165) is 121 Å². The van der Waals surface area contributed by atoms with Gasteiger partial charge in [-0.25, -0.2) is 39.1 Å². The lowest BCUT2D eigenvalue weighted by molar-refractivity contribution is -0.141. The first-order valence-corrected chi connectivity index (χ1v) is 44.3. The number of methoxy groups -OCH3 is 3. The number of hydrogen-bond acceptors (Lipinski definition) is 15. The van der Waals surface area contributed by atoms with Crippen molar-refractivity contribution in [3.63, 3.8) is 0 Å². The predicted molar refractivity (Wildman–Crippen MR) is 452 cm³/mol. The van der Waals surface area contributed by atoms with Crippen molar-refractivity contribution < 1.29 is 48.1 Å². The van der Waals surface area contributed by atoms with Crippen LogP contribution in [0, 0.1) is 52.3 Å². The molecule has 4 aromatic heterocycles. The Labute approximate surface area is 696 Å². The van der Waals surface area contributed by atoms with Crippen LogP contribution in [0.3, 0.4) is 0 Å². The van der Waals surface area contributed by atoms with Crippen LogP contribution in [0.15, 0.2) is 97.6 Å². The highest BCUT2D eigenvalue weighted by molar-refractivity contribution is 5.89. The zero-order valence-electron chi connectivity index (χ0n) is 70.2. The molecule has 20 rings (SSSR count). The molecular formula is C94H117N15O10. The van der Waals surface area contributed by atoms with Crippen LogP contribution in [0.25, 0.3) is 67.3 Å². The highest BCUT2D eigenvalue weighted by Crippen LogP contribution is 2.58. The number of fused-ring (bicyclic) bond motifs is 6. The number of H-pyrrole nitrogens is 4. The Morgan fingerprint density at radius 2 is 0.748 bits per heavy atom. The van der Waals surface area contributed by atoms with Crippen LogP contribution in [-0.2, 0) is 54.3 Å². The third-order valence-corrected chi connectivity index (χ3v) is 29.9. The fourth-order valence-corrected chi connectivity index (χ4v) is 22.1. The average molecular weight is 1620 g/mol. The fraction of sp³-hybridized carbons (Fsp3) is 0.553. The highest BCUT2D eigenvalue weighted by atomic mass is 16.5. The largest absolute Gasteiger partial charge is 0.480 e. The first kappa shape index (κ1) is 79.9. The Balaban J connectivity index is 0.000000152. The maximum absolute atomic E-state index is 14.2. The summed E-state index contributed by atoms with van der Waals surface area (Å²) in [4.78, 5) is 112. The van der Waals surface area contributed by atoms with Gasteiger partial charge in [-0.15, -0.1) is 0 Å². The second kappa shape index (κ2) is 32.4. The van der Waals surface area contributed by atoms with E-state index in [1.54, 1.807) is 18.1 Å². The number of likely N-dealkylation sites (tertiary alicyclic amines) is 2. The van der Waals surface area contributed by atoms with E-state index in [2.05, 4.69) is 130 Å². The van der Waals surface area contributed by atoms with Crippen molar-refractivity contribution in [3.05, 3.63) is 143 Å². The minimum Gasteiger partial charge on any atom is -0.480 e. The van der Waals surface area contributed by atoms with Gasteiger partial charge in [-0.05, 0) is 211 Å². The zero-order chi connectivity index (χ0) is 82.4. The molecule has 119 heavy (non-hydrogen) atoms. The van der Waals surface area contributed by atoms with E-state index in [4.69, 9.17) is 34.5 Å². The number of aromatic nitrogens is 8. The van der Waals surface area contributed by atoms with Gasteiger partial charge in [0.25, 0.3) is 0 Å². The third-order valence-electron chi connectivity index (χ3n) is 29.9. The molecule has 18 atom stereocenters. The maximum atomic E-state index is 14.2. The van der Waals surface area contributed by atoms with Crippen LogP contribution in [0.4, 0.5) is 14.4 Å². The fourth-order valence-electron chi connectivity index (χ4n) is 22.1. The summed E-state index contributed by atoms with van der Waals surface area (Å²) in [5.41, 5.74) is 20.8. The Morgan fingerprint density at radius 1 is 0.420 bits per heavy atom. The summed E-state index contributed by atoms with van der Waals surface area (Å²) in [6, 6.07) is 27.3. The molecule has 25 nitrogen and oxygen atoms in total. The molecule has 4 aromatic carbocycles. The second-order valence-corrected chi connectivity index (χ2v) is 37.3. The number of aromatic amines is 4. The highest BCUT2D eigenvalue weighted by Gasteiger charge is 2.59. The molecule has 8 aromatic rings. The van der Waals surface area contributed by atoms with E-state index in [1.165, 1.54) is 167 Å². The number of nitrogens with one attached hydrogen (secondary N) is 9. The van der Waals surface area contributed by atoms with Gasteiger partial charge in [0.05, 0.1) is 93.1 Å². The van der Waals surface area contributed by atoms with Crippen LogP contribution in [0.5, 0.6) is 0 Å². The third kappa shape index (κ3) is 15.7. The van der Waals surface area contributed by atoms with Crippen molar-refractivity contribution >= 4 is 36.1 Å². The standard InChI is InChI=1S/C51H64N8O6.C35H38N6.C8H15NO4/c1-7-27(3)43(56-49(62)64-5)47(60)58-39-19-31(39)21-41(58)45-52-25-37(54-45)30-13-11-29(12-14-30)33-15-16-34(36-24-51(23-35(33)36)17-9-10-18-51)38-26-53-46(55-38)42-22-32-20-40(32)59(42)48(61)44(28(4)8-2)57-50(63)65-6;1-2-10-35(9-1)15-25-23(7-8-24(26(25)16-35)32-18-37-34(41-32)30-14-22-12-28(22)39-30)19-3-5-20(6-4-19)31-17-36-33(40-31)29-13-21-11-27(21)38-29;1-4-5(2)6(7(10)11)9-8(12)13-3/h11-16,25-28,31-32,39-44H,7-10,17-24H2,1-6H3,(H,52,54)(H,53,55)(H,56,62)(H,57,63);3-8,17-18,21-22,27-30,38-39H,1-2,9-16H2,(H,36,40)(H,37,41);5-6H,4H2,1-3H3,(H,9,12)(H,10,11)/t27?,28?,31?,32?,39?,40?,41-,42-,43-,44-;21?,22?,27?,28?,29-,30-;5?,6-/m000/s1. The molecule has 628 valence electrons. The predicted octanol–water partition coefficient (Wildman–Crippen LogP) is 16.1. The molecule has 8 aliphatic carbocycles. The Morgan fingerprint density at radius 3 is 1.12 bits per heavy atom. The molecule has 11 unspecified atom stereocenters. The number of imidazole rings is 4. The molecular weight excluding hydrogens is 1500 g/mol. The van der Waals surface area contributed by atoms with Gasteiger partial charge in [0.2, 0.25) is 11.8 Å². The minimum absolute atomic E-state index is 0.0459. The van der Waals surface area contributed by atoms with Gasteiger partial charge in [-0.3, -0.25) is 9.59 Å². The van der Waals surface area contributed by atoms with E-state index in [1.807, 2.05) is 63.0 Å². The zero-order valence-corrected chi connectivity index (χ0v) is 70.2. The lowest BCUT2D eigenvalue weighted by Crippen LogP contribution is -2.52. The van der Waals surface area contributed by atoms with Gasteiger partial charge in [0.15, 0.2) is 0 Å². The summed E-state index contributed by atoms with van der Waals surface area (Å²) in [5.74, 6) is 5.05. The number of piperidine rings is 4. The van der Waals surface area contributed by atoms with Gasteiger partial charge in [0.1, 0.15) is 41.4 Å². The van der Waals surface area contributed by atoms with Crippen molar-refractivity contribution in [2.24, 2.45) is 52.3 Å². The molecule has 12 aliphatic rings. The summed E-state index contributed by atoms with van der Waals surface area (Å²) in [6.45, 7) is 11.7. The van der Waals surface area contributed by atoms with Crippen LogP contribution in [0.2, 0.25) is 0 Å². The molecule has 4 saturated heterocycles. The summed E-state index contributed by atoms with van der Waals surface area (Å²) in [6.07, 6.45) is 32.0. The quantitative estimate of drug-likeness (QED) is 0.0282. The van der Waals surface area contributed by atoms with Crippen molar-refractivity contribution in [2.75, 3.05) is 21.3 Å². The van der Waals surface area contributed by atoms with E-state index >= 15 is 0 Å². The van der Waals surface area contributed by atoms with E-state index in [-0.39, 0.29) is 59.2 Å². The average Bonchev–Trinajstić information content (AvgIpc) is 1.57. The monoisotopic (exact) mass is 1620 g/mol. The minimum atomic E-state index is -1.04. The van der Waals surface area contributed by atoms with Gasteiger partial charge in [-0.2, -0.15) is 0 Å². The number of rotatable bonds is 22. The number of amides is 5. The normalized spacial score (nSPS) is 26.9. The maximum Gasteiger partial charge on any atom is 0.407 e. The molecule has 10 N–H and O–H groups in total. The van der Waals surface area contributed by atoms with E-state index in [9.17, 15) is 28.8 Å². The number of aliphatic carboxylic acids is 1. The number of carboxylic acids is 1. The number of benzene rings is 4. The molecule has 0 bridgehead atoms. The second-order valence-electron chi connectivity index (χ2n) is 37.3. The van der Waals surface area contributed by atoms with Crippen molar-refractivity contribution in [3.8, 4) is 67.3 Å². The van der Waals surface area contributed by atoms with Crippen LogP contribution >= 0.6 is 0 Å². The van der Waals surface area contributed by atoms with Gasteiger partial charge in [0, 0.05) is 35.3 Å². The molecule has 5 amide bonds. The summed E-state index contributed by atoms with van der Waals surface area (Å²) < 4.78 is 14.1. The smallest absolute Gasteiger partial charge is 0.407 e. The summed E-state index contributed by atoms with van der Waals surface area (Å²) in [5, 5.41) is 24.1. The van der Waals surface area contributed by atoms with Gasteiger partial charge in [-0.1, -0.05) is 159 Å². The number of nitrogens with zero attached hydrogens (tertiary/aromatic N) is 6. The van der Waals surface area contributed by atoms with Crippen molar-refractivity contribution in [2.45, 2.75) is 256 Å². The lowest BCUT2D eigenvalue weighted by Gasteiger charge is -2.32. The number of ether oxygens (including phenoxy) is 3. The van der Waals surface area contributed by atoms with Gasteiger partial charge >= 0.3 is 24.2 Å². The van der Waals surface area contributed by atoms with Crippen molar-refractivity contribution in [1.82, 2.24) is 76.3 Å². The molecule has 10 fully saturated rings. The van der Waals surface area contributed by atoms with Crippen LogP contribution in [-0.4, -0.2) is 154 Å². The van der Waals surface area contributed by atoms with Crippen LogP contribution < -0.4 is 26.6 Å². The molecule has 6 saturated carbocycles. The van der Waals surface area contributed by atoms with E-state index < -0.39 is 42.4 Å². The molecule has 8 heterocycles. The molecule has 25 heteroatoms. The Bertz CT molecular complexity index is 5110. The Hall–Kier alpha value is -10.1. The molecule has 2 spiro atoms. The molecule has 4 aliphatic heterocycles. The van der Waals surface area contributed by atoms with Crippen molar-refractivity contribution in [1.29, 1.82) is 0 Å². The Kier molecular flexibility index (Phi) is 21.8. The van der Waals surface area contributed by atoms with Gasteiger partial charge < -0.3 is 75.6 Å². The molecule has 0 radical (unpaired) electrons. The van der Waals surface area contributed by atoms with Crippen LogP contribution in [0.1, 0.15) is 233 Å². The van der Waals surface area contributed by atoms with E-state index in [0.29, 0.717) is 35.8 Å².